The van der Waals surface area contributed by atoms with Crippen LogP contribution in [0.4, 0.5) is 0 Å². The van der Waals surface area contributed by atoms with Gasteiger partial charge >= 0.3 is 0 Å². The maximum Gasteiger partial charge on any atom is 0.0371 e. The highest BCUT2D eigenvalue weighted by molar-refractivity contribution is 6.18. The van der Waals surface area contributed by atoms with Crippen molar-refractivity contribution in [3.05, 3.63) is 0 Å². The Kier molecular flexibility index (Phi) is 4.39. The predicted octanol–water partition coefficient (Wildman–Crippen LogP) is 0.204. The van der Waals surface area contributed by atoms with Gasteiger partial charge in [-0.05, 0) is 0 Å². The van der Waals surface area contributed by atoms with Crippen LogP contribution in [0.3, 0.4) is 0 Å². The van der Waals surface area contributed by atoms with Crippen LogP contribution in [-0.4, -0.2) is 17.6 Å². The first-order valence-corrected chi connectivity index (χ1v) is 1.88. The molecule has 0 saturated heterocycles. The van der Waals surface area contributed by atoms with Crippen molar-refractivity contribution in [3.8, 4) is 0 Å². The molecule has 0 aliphatic rings. The van der Waals surface area contributed by atoms with E-state index in [-0.39, 0.29) is 0 Å². The van der Waals surface area contributed by atoms with Gasteiger partial charge in [0.1, 0.15) is 0 Å². The molecule has 0 aliphatic heterocycles. The molecule has 0 unspecified atom stereocenters. The van der Waals surface area contributed by atoms with Gasteiger partial charge in [0.25, 0.3) is 0 Å². The van der Waals surface area contributed by atoms with E-state index in [0.717, 1.165) is 0 Å². The van der Waals surface area contributed by atoms with Crippen LogP contribution >= 0.6 is 11.6 Å². The van der Waals surface area contributed by atoms with Crippen LogP contribution in [0, 0.1) is 0 Å². The van der Waals surface area contributed by atoms with Crippen molar-refractivity contribution in [1.29, 1.82) is 0 Å². The number of halogens is 1. The van der Waals surface area contributed by atoms with E-state index in [2.05, 4.69) is 0 Å². The Morgan fingerprint density at radius 3 is 2.40 bits per heavy atom. The standard InChI is InChI=1S/C2H6ClNO/c3-1-2-4-5/h4-5H,1-2H2. The zero-order valence-corrected chi connectivity index (χ0v) is 3.50. The van der Waals surface area contributed by atoms with E-state index in [9.17, 15) is 0 Å². The zero-order chi connectivity index (χ0) is 4.12. The van der Waals surface area contributed by atoms with Gasteiger partial charge < -0.3 is 5.21 Å². The first-order valence-electron chi connectivity index (χ1n) is 1.34. The van der Waals surface area contributed by atoms with Crippen molar-refractivity contribution >= 4 is 11.6 Å². The second-order valence-electron chi connectivity index (χ2n) is 0.597. The number of hydrogen-bond donors (Lipinski definition) is 2. The lowest BCUT2D eigenvalue weighted by molar-refractivity contribution is 0.174. The van der Waals surface area contributed by atoms with Gasteiger partial charge in [0, 0.05) is 12.4 Å². The molecule has 0 aromatic carbocycles. The monoisotopic (exact) mass is 95.0 g/mol. The van der Waals surface area contributed by atoms with Crippen molar-refractivity contribution in [2.75, 3.05) is 12.4 Å². The van der Waals surface area contributed by atoms with Gasteiger partial charge in [-0.1, -0.05) is 0 Å². The number of hydrogen-bond acceptors (Lipinski definition) is 2. The van der Waals surface area contributed by atoms with Crippen LogP contribution < -0.4 is 5.48 Å². The minimum absolute atomic E-state index is 0.455. The first kappa shape index (κ1) is 5.21. The Bertz CT molecular complexity index is 17.1. The Labute approximate surface area is 35.7 Å². The fourth-order valence-electron chi connectivity index (χ4n) is 0.0423. The fourth-order valence-corrected chi connectivity index (χ4v) is 0.127. The van der Waals surface area contributed by atoms with Crippen molar-refractivity contribution in [1.82, 2.24) is 5.48 Å². The molecule has 0 spiro atoms. The highest BCUT2D eigenvalue weighted by Gasteiger charge is 1.68. The molecule has 0 rings (SSSR count). The summed E-state index contributed by atoms with van der Waals surface area (Å²) in [7, 11) is 0. The molecule has 0 amide bonds. The lowest BCUT2D eigenvalue weighted by Gasteiger charge is -1.82. The number of rotatable bonds is 2. The van der Waals surface area contributed by atoms with Crippen LogP contribution in [0.25, 0.3) is 0 Å². The summed E-state index contributed by atoms with van der Waals surface area (Å²) in [5.41, 5.74) is 1.89. The summed E-state index contributed by atoms with van der Waals surface area (Å²) in [5, 5.41) is 7.73. The van der Waals surface area contributed by atoms with Gasteiger partial charge in [0.05, 0.1) is 0 Å². The molecule has 0 fully saturated rings. The average molecular weight is 95.5 g/mol. The molecule has 0 bridgehead atoms. The molecule has 0 aliphatic carbocycles. The van der Waals surface area contributed by atoms with Crippen molar-refractivity contribution in [2.24, 2.45) is 0 Å². The maximum atomic E-state index is 7.73. The lowest BCUT2D eigenvalue weighted by atomic mass is 10.8. The van der Waals surface area contributed by atoms with Crippen molar-refractivity contribution in [3.63, 3.8) is 0 Å². The van der Waals surface area contributed by atoms with Crippen LogP contribution in [0.15, 0.2) is 0 Å². The van der Waals surface area contributed by atoms with E-state index >= 15 is 0 Å². The Hall–Kier alpha value is 0.210. The molecular weight excluding hydrogens is 89.5 g/mol. The van der Waals surface area contributed by atoms with Crippen LogP contribution in [0.1, 0.15) is 0 Å². The topological polar surface area (TPSA) is 32.3 Å². The third-order valence-corrected chi connectivity index (χ3v) is 0.395. The van der Waals surface area contributed by atoms with Crippen molar-refractivity contribution in [2.45, 2.75) is 0 Å². The van der Waals surface area contributed by atoms with Gasteiger partial charge in [-0.15, -0.1) is 11.6 Å². The molecule has 0 atom stereocenters. The minimum Gasteiger partial charge on any atom is -0.317 e. The molecular formula is C2H6ClNO. The van der Waals surface area contributed by atoms with Crippen LogP contribution in [0.2, 0.25) is 0 Å². The van der Waals surface area contributed by atoms with E-state index in [0.29, 0.717) is 12.4 Å². The highest BCUT2D eigenvalue weighted by Crippen LogP contribution is 1.63. The molecule has 5 heavy (non-hydrogen) atoms. The third kappa shape index (κ3) is 4.21. The van der Waals surface area contributed by atoms with Gasteiger partial charge in [-0.2, -0.15) is 0 Å². The van der Waals surface area contributed by atoms with Gasteiger partial charge in [0.2, 0.25) is 0 Å². The second-order valence-corrected chi connectivity index (χ2v) is 0.975. The summed E-state index contributed by atoms with van der Waals surface area (Å²) < 4.78 is 0. The Morgan fingerprint density at radius 1 is 1.80 bits per heavy atom. The van der Waals surface area contributed by atoms with Gasteiger partial charge in [-0.25, -0.2) is 5.48 Å². The molecule has 0 heterocycles. The van der Waals surface area contributed by atoms with Crippen LogP contribution in [0.5, 0.6) is 0 Å². The summed E-state index contributed by atoms with van der Waals surface area (Å²) in [6.45, 7) is 0.460. The summed E-state index contributed by atoms with van der Waals surface area (Å²) in [6, 6.07) is 0. The summed E-state index contributed by atoms with van der Waals surface area (Å²) in [5.74, 6) is 0.455. The van der Waals surface area contributed by atoms with E-state index in [1.165, 1.54) is 0 Å². The molecule has 2 nitrogen and oxygen atoms in total. The maximum absolute atomic E-state index is 7.73. The highest BCUT2D eigenvalue weighted by atomic mass is 35.5. The van der Waals surface area contributed by atoms with Crippen LogP contribution in [-0.2, 0) is 0 Å². The van der Waals surface area contributed by atoms with E-state index in [4.69, 9.17) is 16.8 Å². The molecule has 0 aromatic rings. The average Bonchev–Trinajstić information content (AvgIpc) is 1.41. The Morgan fingerprint density at radius 2 is 2.40 bits per heavy atom. The lowest BCUT2D eigenvalue weighted by Crippen LogP contribution is -2.08. The molecule has 3 heteroatoms. The molecule has 0 radical (unpaired) electrons. The van der Waals surface area contributed by atoms with Gasteiger partial charge in [0.15, 0.2) is 0 Å². The zero-order valence-electron chi connectivity index (χ0n) is 2.74. The fraction of sp³-hybridized carbons (Fsp3) is 1.00. The summed E-state index contributed by atoms with van der Waals surface area (Å²) in [4.78, 5) is 0. The predicted molar refractivity (Wildman–Crippen MR) is 20.5 cm³/mol. The van der Waals surface area contributed by atoms with E-state index in [1.54, 1.807) is 0 Å². The first-order chi connectivity index (χ1) is 2.41. The number of nitrogens with one attached hydrogen (secondary N) is 1. The largest absolute Gasteiger partial charge is 0.317 e. The molecule has 2 N–H and O–H groups in total. The van der Waals surface area contributed by atoms with Crippen molar-refractivity contribution < 1.29 is 5.21 Å². The Balaban J connectivity index is 2.19. The summed E-state index contributed by atoms with van der Waals surface area (Å²) in [6.07, 6.45) is 0. The minimum atomic E-state index is 0.455. The number of hydroxylamine groups is 1. The van der Waals surface area contributed by atoms with E-state index < -0.39 is 0 Å². The summed E-state index contributed by atoms with van der Waals surface area (Å²) >= 11 is 5.08. The molecule has 0 saturated carbocycles. The second kappa shape index (κ2) is 4.21. The molecule has 0 aromatic heterocycles. The van der Waals surface area contributed by atoms with E-state index in [1.807, 2.05) is 5.48 Å². The molecule has 32 valence electrons. The smallest absolute Gasteiger partial charge is 0.0371 e. The third-order valence-electron chi connectivity index (χ3n) is 0.206. The normalized spacial score (nSPS) is 8.40. The number of alkyl halides is 1. The SMILES string of the molecule is ONCCCl. The van der Waals surface area contributed by atoms with Gasteiger partial charge in [-0.3, -0.25) is 0 Å². The quantitative estimate of drug-likeness (QED) is 0.380.